The molecule has 0 bridgehead atoms. The fourth-order valence-corrected chi connectivity index (χ4v) is 2.27. The molecule has 0 atom stereocenters. The van der Waals surface area contributed by atoms with E-state index >= 15 is 0 Å². The number of benzene rings is 1. The summed E-state index contributed by atoms with van der Waals surface area (Å²) in [6.07, 6.45) is 3.32. The molecule has 8 nitrogen and oxygen atoms in total. The van der Waals surface area contributed by atoms with Gasteiger partial charge < -0.3 is 15.0 Å². The molecular weight excluding hydrogens is 298 g/mol. The Morgan fingerprint density at radius 2 is 2.09 bits per heavy atom. The van der Waals surface area contributed by atoms with Crippen LogP contribution >= 0.6 is 0 Å². The second kappa shape index (κ2) is 5.84. The van der Waals surface area contributed by atoms with E-state index in [1.807, 2.05) is 6.92 Å². The minimum atomic E-state index is -0.469. The first kappa shape index (κ1) is 14.6. The summed E-state index contributed by atoms with van der Waals surface area (Å²) >= 11 is 0. The summed E-state index contributed by atoms with van der Waals surface area (Å²) in [4.78, 5) is 27.0. The zero-order chi connectivity index (χ0) is 16.4. The number of nitrogens with one attached hydrogen (secondary N) is 4. The number of ether oxygens (including phenoxy) is 1. The normalized spacial score (nSPS) is 10.5. The molecule has 3 aromatic rings. The van der Waals surface area contributed by atoms with Gasteiger partial charge in [-0.2, -0.15) is 5.10 Å². The molecule has 0 fully saturated rings. The molecule has 118 valence electrons. The monoisotopic (exact) mass is 313 g/mol. The molecule has 0 spiro atoms. The molecule has 0 aliphatic heterocycles. The largest absolute Gasteiger partial charge is 0.465 e. The molecule has 2 amide bonds. The van der Waals surface area contributed by atoms with Crippen molar-refractivity contribution >= 4 is 34.4 Å². The van der Waals surface area contributed by atoms with Crippen LogP contribution in [0.25, 0.3) is 10.9 Å². The van der Waals surface area contributed by atoms with Crippen LogP contribution in [-0.4, -0.2) is 34.3 Å². The van der Waals surface area contributed by atoms with Crippen molar-refractivity contribution in [3.8, 4) is 0 Å². The molecule has 1 aromatic carbocycles. The summed E-state index contributed by atoms with van der Waals surface area (Å²) in [6, 6.07) is 4.64. The number of rotatable bonds is 3. The van der Waals surface area contributed by atoms with Crippen LogP contribution in [0.4, 0.5) is 16.3 Å². The number of hydrogen-bond donors (Lipinski definition) is 4. The molecule has 0 saturated carbocycles. The number of nitrogens with zero attached hydrogens (tertiary/aromatic N) is 1. The highest BCUT2D eigenvalue weighted by molar-refractivity contribution is 6.07. The zero-order valence-corrected chi connectivity index (χ0v) is 12.6. The number of fused-ring (bicyclic) bond motifs is 1. The van der Waals surface area contributed by atoms with Gasteiger partial charge in [0.05, 0.1) is 18.9 Å². The van der Waals surface area contributed by atoms with Gasteiger partial charge in [0, 0.05) is 28.4 Å². The van der Waals surface area contributed by atoms with Crippen LogP contribution in [-0.2, 0) is 4.74 Å². The van der Waals surface area contributed by atoms with E-state index in [1.54, 1.807) is 30.6 Å². The summed E-state index contributed by atoms with van der Waals surface area (Å²) in [5.74, 6) is 0.0414. The molecule has 0 aliphatic carbocycles. The van der Waals surface area contributed by atoms with Gasteiger partial charge in [0.15, 0.2) is 0 Å². The van der Waals surface area contributed by atoms with Crippen molar-refractivity contribution in [2.45, 2.75) is 6.92 Å². The van der Waals surface area contributed by atoms with Gasteiger partial charge in [0.25, 0.3) is 0 Å². The maximum atomic E-state index is 12.1. The maximum absolute atomic E-state index is 12.1. The molecule has 3 rings (SSSR count). The number of carbonyl (C=O) groups excluding carboxylic acids is 2. The lowest BCUT2D eigenvalue weighted by molar-refractivity contribution is 0.0603. The smallest absolute Gasteiger partial charge is 0.338 e. The number of amides is 2. The van der Waals surface area contributed by atoms with Crippen molar-refractivity contribution < 1.29 is 14.3 Å². The number of H-pyrrole nitrogens is 2. The number of esters is 1. The van der Waals surface area contributed by atoms with Crippen molar-refractivity contribution in [3.05, 3.63) is 41.7 Å². The van der Waals surface area contributed by atoms with Gasteiger partial charge in [-0.3, -0.25) is 10.4 Å². The Hall–Kier alpha value is -3.29. The average Bonchev–Trinajstić information content (AvgIpc) is 3.15. The molecule has 2 aromatic heterocycles. The number of aromatic nitrogens is 3. The van der Waals surface area contributed by atoms with Crippen LogP contribution < -0.4 is 10.6 Å². The Balaban J connectivity index is 1.86. The highest BCUT2D eigenvalue weighted by Crippen LogP contribution is 2.24. The second-order valence-corrected chi connectivity index (χ2v) is 4.96. The van der Waals surface area contributed by atoms with Crippen molar-refractivity contribution in [1.29, 1.82) is 0 Å². The third kappa shape index (κ3) is 2.86. The number of aromatic amines is 2. The summed E-state index contributed by atoms with van der Waals surface area (Å²) in [6.45, 7) is 1.82. The number of anilines is 2. The predicted octanol–water partition coefficient (Wildman–Crippen LogP) is 2.63. The first-order valence-corrected chi connectivity index (χ1v) is 6.86. The highest BCUT2D eigenvalue weighted by atomic mass is 16.5. The van der Waals surface area contributed by atoms with E-state index in [9.17, 15) is 9.59 Å². The fraction of sp³-hybridized carbons (Fsp3) is 0.133. The Kier molecular flexibility index (Phi) is 3.71. The number of methoxy groups -OCH3 is 1. The zero-order valence-electron chi connectivity index (χ0n) is 12.6. The lowest BCUT2D eigenvalue weighted by Gasteiger charge is -2.09. The van der Waals surface area contributed by atoms with Crippen LogP contribution in [0.5, 0.6) is 0 Å². The van der Waals surface area contributed by atoms with Gasteiger partial charge in [0.2, 0.25) is 0 Å². The van der Waals surface area contributed by atoms with Gasteiger partial charge in [-0.25, -0.2) is 9.59 Å². The van der Waals surface area contributed by atoms with Crippen LogP contribution in [0.15, 0.2) is 30.6 Å². The molecule has 0 unspecified atom stereocenters. The van der Waals surface area contributed by atoms with E-state index in [0.29, 0.717) is 17.1 Å². The molecule has 0 radical (unpaired) electrons. The molecule has 8 heteroatoms. The first-order chi connectivity index (χ1) is 11.1. The molecule has 4 N–H and O–H groups in total. The van der Waals surface area contributed by atoms with E-state index in [2.05, 4.69) is 25.8 Å². The van der Waals surface area contributed by atoms with Gasteiger partial charge in [-0.15, -0.1) is 0 Å². The summed E-state index contributed by atoms with van der Waals surface area (Å²) in [5.41, 5.74) is 2.38. The SMILES string of the molecule is COC(=O)c1cc(NC(=O)Nc2[nH]ncc2C)cc2[nH]ccc12. The van der Waals surface area contributed by atoms with E-state index in [0.717, 1.165) is 16.5 Å². The first-order valence-electron chi connectivity index (χ1n) is 6.86. The highest BCUT2D eigenvalue weighted by Gasteiger charge is 2.14. The lowest BCUT2D eigenvalue weighted by Crippen LogP contribution is -2.20. The third-order valence-corrected chi connectivity index (χ3v) is 3.40. The van der Waals surface area contributed by atoms with Crippen molar-refractivity contribution in [3.63, 3.8) is 0 Å². The molecule has 2 heterocycles. The summed E-state index contributed by atoms with van der Waals surface area (Å²) < 4.78 is 4.78. The van der Waals surface area contributed by atoms with E-state index in [-0.39, 0.29) is 0 Å². The average molecular weight is 313 g/mol. The maximum Gasteiger partial charge on any atom is 0.338 e. The third-order valence-electron chi connectivity index (χ3n) is 3.40. The van der Waals surface area contributed by atoms with E-state index in [1.165, 1.54) is 7.11 Å². The molecule has 23 heavy (non-hydrogen) atoms. The Morgan fingerprint density at radius 1 is 1.26 bits per heavy atom. The van der Waals surface area contributed by atoms with E-state index < -0.39 is 12.0 Å². The quantitative estimate of drug-likeness (QED) is 0.557. The summed E-state index contributed by atoms with van der Waals surface area (Å²) in [5, 5.41) is 12.6. The minimum Gasteiger partial charge on any atom is -0.465 e. The Labute approximate surface area is 131 Å². The molecular formula is C15H15N5O3. The second-order valence-electron chi connectivity index (χ2n) is 4.96. The van der Waals surface area contributed by atoms with Crippen LogP contribution in [0.3, 0.4) is 0 Å². The van der Waals surface area contributed by atoms with Gasteiger partial charge in [-0.05, 0) is 25.1 Å². The number of aryl methyl sites for hydroxylation is 1. The van der Waals surface area contributed by atoms with Crippen LogP contribution in [0, 0.1) is 6.92 Å². The number of hydrogen-bond acceptors (Lipinski definition) is 4. The molecule has 0 aliphatic rings. The number of urea groups is 1. The van der Waals surface area contributed by atoms with Crippen molar-refractivity contribution in [2.24, 2.45) is 0 Å². The van der Waals surface area contributed by atoms with Gasteiger partial charge in [-0.1, -0.05) is 0 Å². The Bertz CT molecular complexity index is 880. The standard InChI is InChI=1S/C15H15N5O3/c1-8-7-17-20-13(8)19-15(22)18-9-5-11(14(21)23-2)10-3-4-16-12(10)6-9/h3-7,16H,1-2H3,(H3,17,18,19,20,22). The fourth-order valence-electron chi connectivity index (χ4n) is 2.27. The lowest BCUT2D eigenvalue weighted by atomic mass is 10.1. The van der Waals surface area contributed by atoms with Crippen LogP contribution in [0.1, 0.15) is 15.9 Å². The van der Waals surface area contributed by atoms with Crippen LogP contribution in [0.2, 0.25) is 0 Å². The van der Waals surface area contributed by atoms with Crippen molar-refractivity contribution in [1.82, 2.24) is 15.2 Å². The molecule has 0 saturated heterocycles. The minimum absolute atomic E-state index is 0.374. The predicted molar refractivity (Wildman–Crippen MR) is 85.6 cm³/mol. The van der Waals surface area contributed by atoms with Gasteiger partial charge >= 0.3 is 12.0 Å². The number of carbonyl (C=O) groups is 2. The summed E-state index contributed by atoms with van der Waals surface area (Å²) in [7, 11) is 1.31. The van der Waals surface area contributed by atoms with Crippen molar-refractivity contribution in [2.75, 3.05) is 17.7 Å². The topological polar surface area (TPSA) is 112 Å². The van der Waals surface area contributed by atoms with Gasteiger partial charge in [0.1, 0.15) is 5.82 Å². The van der Waals surface area contributed by atoms with E-state index in [4.69, 9.17) is 4.74 Å². The Morgan fingerprint density at radius 3 is 2.78 bits per heavy atom.